The van der Waals surface area contributed by atoms with Crippen LogP contribution in [0.4, 0.5) is 0 Å². The quantitative estimate of drug-likeness (QED) is 0.569. The van der Waals surface area contributed by atoms with Gasteiger partial charge in [0.15, 0.2) is 0 Å². The Balaban J connectivity index is 2.31. The smallest absolute Gasteiger partial charge is 0.306 e. The van der Waals surface area contributed by atoms with E-state index in [4.69, 9.17) is 4.74 Å². The number of carbonyl (C=O) groups is 1. The molecule has 1 aliphatic heterocycles. The van der Waals surface area contributed by atoms with E-state index < -0.39 is 0 Å². The largest absolute Gasteiger partial charge is 0.462 e. The summed E-state index contributed by atoms with van der Waals surface area (Å²) in [7, 11) is 0. The van der Waals surface area contributed by atoms with Crippen molar-refractivity contribution >= 4 is 5.97 Å². The van der Waals surface area contributed by atoms with Crippen LogP contribution in [0.5, 0.6) is 0 Å². The predicted molar refractivity (Wildman–Crippen MR) is 89.4 cm³/mol. The van der Waals surface area contributed by atoms with Crippen molar-refractivity contribution in [2.45, 2.75) is 116 Å². The Hall–Kier alpha value is -0.530. The van der Waals surface area contributed by atoms with E-state index in [0.717, 1.165) is 25.7 Å². The molecule has 1 unspecified atom stereocenters. The van der Waals surface area contributed by atoms with Crippen molar-refractivity contribution in [3.63, 3.8) is 0 Å². The van der Waals surface area contributed by atoms with Crippen LogP contribution in [-0.2, 0) is 9.53 Å². The molecule has 2 nitrogen and oxygen atoms in total. The first-order chi connectivity index (χ1) is 10.3. The second-order valence-electron chi connectivity index (χ2n) is 6.68. The Labute approximate surface area is 132 Å². The zero-order valence-electron chi connectivity index (χ0n) is 14.2. The van der Waals surface area contributed by atoms with Gasteiger partial charge in [-0.25, -0.2) is 0 Å². The average Bonchev–Trinajstić information content (AvgIpc) is 2.47. The summed E-state index contributed by atoms with van der Waals surface area (Å²) in [5.74, 6) is 0.0396. The van der Waals surface area contributed by atoms with Crippen molar-refractivity contribution in [3.8, 4) is 0 Å². The number of rotatable bonds is 2. The number of esters is 1. The van der Waals surface area contributed by atoms with Crippen molar-refractivity contribution in [1.82, 2.24) is 0 Å². The standard InChI is InChI=1S/C19H36O2/c1-2-15-18-16-13-11-9-7-5-3-4-6-8-10-12-14-17-19(20)21-18/h18H,2-17H2,1H3. The van der Waals surface area contributed by atoms with E-state index >= 15 is 0 Å². The fourth-order valence-corrected chi connectivity index (χ4v) is 3.24. The zero-order chi connectivity index (χ0) is 15.2. The summed E-state index contributed by atoms with van der Waals surface area (Å²) < 4.78 is 5.68. The van der Waals surface area contributed by atoms with E-state index in [2.05, 4.69) is 6.92 Å². The Morgan fingerprint density at radius 3 is 1.81 bits per heavy atom. The van der Waals surface area contributed by atoms with E-state index in [1.54, 1.807) is 0 Å². The minimum atomic E-state index is 0.0396. The monoisotopic (exact) mass is 296 g/mol. The summed E-state index contributed by atoms with van der Waals surface area (Å²) in [5.41, 5.74) is 0. The lowest BCUT2D eigenvalue weighted by Crippen LogP contribution is -2.18. The second kappa shape index (κ2) is 13.2. The molecule has 1 saturated heterocycles. The Kier molecular flexibility index (Phi) is 11.6. The third-order valence-corrected chi connectivity index (χ3v) is 4.57. The maximum absolute atomic E-state index is 11.9. The van der Waals surface area contributed by atoms with Crippen LogP contribution in [0.1, 0.15) is 110 Å². The Morgan fingerprint density at radius 1 is 0.810 bits per heavy atom. The minimum absolute atomic E-state index is 0.0396. The lowest BCUT2D eigenvalue weighted by Gasteiger charge is -2.17. The van der Waals surface area contributed by atoms with Crippen LogP contribution in [0.3, 0.4) is 0 Å². The van der Waals surface area contributed by atoms with Gasteiger partial charge in [0, 0.05) is 6.42 Å². The number of hydrogen-bond donors (Lipinski definition) is 0. The van der Waals surface area contributed by atoms with Crippen LogP contribution >= 0.6 is 0 Å². The highest BCUT2D eigenvalue weighted by molar-refractivity contribution is 5.69. The molecule has 1 atom stereocenters. The van der Waals surface area contributed by atoms with Gasteiger partial charge in [-0.05, 0) is 25.7 Å². The van der Waals surface area contributed by atoms with Gasteiger partial charge in [-0.15, -0.1) is 0 Å². The lowest BCUT2D eigenvalue weighted by atomic mass is 10.0. The number of hydrogen-bond acceptors (Lipinski definition) is 2. The molecular weight excluding hydrogens is 260 g/mol. The van der Waals surface area contributed by atoms with Crippen LogP contribution < -0.4 is 0 Å². The van der Waals surface area contributed by atoms with Crippen molar-refractivity contribution in [3.05, 3.63) is 0 Å². The first kappa shape index (κ1) is 18.5. The molecule has 0 N–H and O–H groups in total. The molecule has 0 saturated carbocycles. The van der Waals surface area contributed by atoms with Crippen molar-refractivity contribution in [2.24, 2.45) is 0 Å². The first-order valence-electron chi connectivity index (χ1n) is 9.52. The average molecular weight is 296 g/mol. The van der Waals surface area contributed by atoms with Crippen LogP contribution in [0.15, 0.2) is 0 Å². The molecule has 0 bridgehead atoms. The van der Waals surface area contributed by atoms with Gasteiger partial charge in [0.05, 0.1) is 0 Å². The van der Waals surface area contributed by atoms with Gasteiger partial charge in [-0.3, -0.25) is 4.79 Å². The normalized spacial score (nSPS) is 25.0. The van der Waals surface area contributed by atoms with Gasteiger partial charge in [-0.2, -0.15) is 0 Å². The Morgan fingerprint density at radius 2 is 1.29 bits per heavy atom. The van der Waals surface area contributed by atoms with Gasteiger partial charge in [-0.1, -0.05) is 77.6 Å². The molecule has 0 radical (unpaired) electrons. The summed E-state index contributed by atoms with van der Waals surface area (Å²) in [6.07, 6.45) is 19.7. The molecule has 1 rings (SSSR count). The third kappa shape index (κ3) is 10.8. The van der Waals surface area contributed by atoms with E-state index in [1.807, 2.05) is 0 Å². The molecule has 21 heavy (non-hydrogen) atoms. The summed E-state index contributed by atoms with van der Waals surface area (Å²) in [5, 5.41) is 0. The number of carbonyl (C=O) groups excluding carboxylic acids is 1. The summed E-state index contributed by atoms with van der Waals surface area (Å²) in [6.45, 7) is 2.18. The fraction of sp³-hybridized carbons (Fsp3) is 0.947. The van der Waals surface area contributed by atoms with Crippen molar-refractivity contribution in [2.75, 3.05) is 0 Å². The van der Waals surface area contributed by atoms with Crippen molar-refractivity contribution in [1.29, 1.82) is 0 Å². The van der Waals surface area contributed by atoms with Gasteiger partial charge in [0.25, 0.3) is 0 Å². The maximum Gasteiger partial charge on any atom is 0.306 e. The highest BCUT2D eigenvalue weighted by Crippen LogP contribution is 2.17. The molecule has 2 heteroatoms. The van der Waals surface area contributed by atoms with Gasteiger partial charge in [0.2, 0.25) is 0 Å². The van der Waals surface area contributed by atoms with Crippen LogP contribution in [0.25, 0.3) is 0 Å². The molecule has 0 aromatic heterocycles. The molecule has 0 aromatic rings. The summed E-state index contributed by atoms with van der Waals surface area (Å²) in [4.78, 5) is 11.9. The van der Waals surface area contributed by atoms with Crippen LogP contribution in [0, 0.1) is 0 Å². The van der Waals surface area contributed by atoms with E-state index in [9.17, 15) is 4.79 Å². The van der Waals surface area contributed by atoms with E-state index in [0.29, 0.717) is 6.42 Å². The Bertz CT molecular complexity index is 250. The first-order valence-corrected chi connectivity index (χ1v) is 9.52. The lowest BCUT2D eigenvalue weighted by molar-refractivity contribution is -0.150. The molecule has 1 heterocycles. The molecule has 0 spiro atoms. The summed E-state index contributed by atoms with van der Waals surface area (Å²) >= 11 is 0. The predicted octanol–water partition coefficient (Wildman–Crippen LogP) is 6.17. The fourth-order valence-electron chi connectivity index (χ4n) is 3.24. The second-order valence-corrected chi connectivity index (χ2v) is 6.68. The maximum atomic E-state index is 11.9. The molecule has 0 aliphatic carbocycles. The number of ether oxygens (including phenoxy) is 1. The molecular formula is C19H36O2. The minimum Gasteiger partial charge on any atom is -0.462 e. The van der Waals surface area contributed by atoms with Crippen molar-refractivity contribution < 1.29 is 9.53 Å². The third-order valence-electron chi connectivity index (χ3n) is 4.57. The highest BCUT2D eigenvalue weighted by Gasteiger charge is 2.13. The molecule has 124 valence electrons. The highest BCUT2D eigenvalue weighted by atomic mass is 16.5. The summed E-state index contributed by atoms with van der Waals surface area (Å²) in [6, 6.07) is 0. The molecule has 0 aromatic carbocycles. The zero-order valence-corrected chi connectivity index (χ0v) is 14.2. The van der Waals surface area contributed by atoms with Gasteiger partial charge in [0.1, 0.15) is 6.10 Å². The van der Waals surface area contributed by atoms with Crippen LogP contribution in [-0.4, -0.2) is 12.1 Å². The molecule has 1 fully saturated rings. The van der Waals surface area contributed by atoms with Gasteiger partial charge >= 0.3 is 5.97 Å². The van der Waals surface area contributed by atoms with Gasteiger partial charge < -0.3 is 4.74 Å². The van der Waals surface area contributed by atoms with E-state index in [1.165, 1.54) is 70.6 Å². The SMILES string of the molecule is CCCC1CCCCCCCCCCCCCCC(=O)O1. The molecule has 0 amide bonds. The number of cyclic esters (lactones) is 1. The van der Waals surface area contributed by atoms with Crippen LogP contribution in [0.2, 0.25) is 0 Å². The topological polar surface area (TPSA) is 26.3 Å². The van der Waals surface area contributed by atoms with E-state index in [-0.39, 0.29) is 12.1 Å². The molecule has 1 aliphatic rings.